The fourth-order valence-electron chi connectivity index (χ4n) is 6.75. The van der Waals surface area contributed by atoms with E-state index in [0.29, 0.717) is 43.3 Å². The molecular weight excluding hydrogens is 590 g/mol. The third-order valence-corrected chi connectivity index (χ3v) is 9.45. The van der Waals surface area contributed by atoms with E-state index in [1.807, 2.05) is 30.6 Å². The van der Waals surface area contributed by atoms with Gasteiger partial charge in [-0.25, -0.2) is 6.57 Å². The maximum absolute atomic E-state index is 12.6. The number of aromatic nitrogens is 3. The molecule has 2 atom stereocenters. The van der Waals surface area contributed by atoms with Crippen molar-refractivity contribution in [2.24, 2.45) is 0 Å². The largest absolute Gasteiger partial charge is 0.459 e. The molecule has 0 radical (unpaired) electrons. The first kappa shape index (κ1) is 31.0. The second kappa shape index (κ2) is 13.2. The Morgan fingerprint density at radius 2 is 2.04 bits per heavy atom. The average Bonchev–Trinajstić information content (AvgIpc) is 3.02. The lowest BCUT2D eigenvalue weighted by atomic mass is 10.0. The van der Waals surface area contributed by atoms with Crippen LogP contribution in [0, 0.1) is 6.57 Å². The number of likely N-dealkylation sites (N-methyl/N-ethyl adjacent to an activating group) is 2. The third kappa shape index (κ3) is 6.41. The first-order chi connectivity index (χ1) is 21.7. The van der Waals surface area contributed by atoms with Crippen LogP contribution in [0.25, 0.3) is 15.6 Å². The molecule has 0 bridgehead atoms. The van der Waals surface area contributed by atoms with Crippen molar-refractivity contribution < 1.29 is 9.53 Å². The molecule has 3 aliphatic heterocycles. The first-order valence-corrected chi connectivity index (χ1v) is 15.9. The van der Waals surface area contributed by atoms with Crippen LogP contribution in [-0.4, -0.2) is 120 Å². The smallest absolute Gasteiger partial charge is 0.318 e. The Bertz CT molecular complexity index is 1620. The molecule has 12 heteroatoms. The van der Waals surface area contributed by atoms with E-state index in [2.05, 4.69) is 57.0 Å². The van der Waals surface area contributed by atoms with E-state index in [4.69, 9.17) is 32.9 Å². The molecule has 0 aliphatic carbocycles. The van der Waals surface area contributed by atoms with Crippen molar-refractivity contribution in [3.8, 4) is 6.01 Å². The number of hydrogen-bond acceptors (Lipinski definition) is 9. The van der Waals surface area contributed by atoms with Gasteiger partial charge in [0.25, 0.3) is 0 Å². The van der Waals surface area contributed by atoms with Gasteiger partial charge in [0, 0.05) is 74.4 Å². The number of halogens is 1. The summed E-state index contributed by atoms with van der Waals surface area (Å²) in [4.78, 5) is 41.6. The van der Waals surface area contributed by atoms with Crippen LogP contribution in [0.4, 0.5) is 11.5 Å². The number of amides is 1. The molecule has 0 spiro atoms. The molecule has 3 aromatic rings. The molecule has 11 nitrogen and oxygen atoms in total. The molecule has 1 aromatic carbocycles. The Hall–Kier alpha value is -3.98. The van der Waals surface area contributed by atoms with Gasteiger partial charge in [-0.15, -0.1) is 0 Å². The fourth-order valence-corrected chi connectivity index (χ4v) is 7.03. The summed E-state index contributed by atoms with van der Waals surface area (Å²) in [5, 5.41) is 2.66. The van der Waals surface area contributed by atoms with Crippen molar-refractivity contribution in [1.82, 2.24) is 29.7 Å². The summed E-state index contributed by atoms with van der Waals surface area (Å²) in [6.07, 6.45) is 5.64. The molecule has 3 aliphatic rings. The summed E-state index contributed by atoms with van der Waals surface area (Å²) in [5.41, 5.74) is 2.95. The molecule has 2 saturated heterocycles. The van der Waals surface area contributed by atoms with Crippen molar-refractivity contribution in [3.05, 3.63) is 70.9 Å². The summed E-state index contributed by atoms with van der Waals surface area (Å²) >= 11 is 6.69. The molecule has 6 rings (SSSR count). The average molecular weight is 630 g/mol. The lowest BCUT2D eigenvalue weighted by Crippen LogP contribution is -2.57. The SMILES string of the molecule is [C-]#[N+]C[C@H]1CN(c2nc(O[C@@H](C)CN(C)C3CN(C)C3)nc3c2CCN(c2cncc4cccc(Cl)c24)C3)CCN1C(=O)C=C. The second-order valence-corrected chi connectivity index (χ2v) is 12.7. The van der Waals surface area contributed by atoms with Gasteiger partial charge in [-0.3, -0.25) is 14.7 Å². The van der Waals surface area contributed by atoms with Crippen molar-refractivity contribution in [1.29, 1.82) is 0 Å². The molecule has 45 heavy (non-hydrogen) atoms. The Labute approximate surface area is 269 Å². The number of rotatable bonds is 9. The number of hydrogen-bond donors (Lipinski definition) is 0. The minimum atomic E-state index is -0.256. The highest BCUT2D eigenvalue weighted by Gasteiger charge is 2.35. The number of likely N-dealkylation sites (tertiary alicyclic amines) is 1. The van der Waals surface area contributed by atoms with Gasteiger partial charge in [-0.1, -0.05) is 30.3 Å². The van der Waals surface area contributed by atoms with E-state index in [1.54, 1.807) is 4.90 Å². The molecule has 2 aromatic heterocycles. The van der Waals surface area contributed by atoms with Crippen LogP contribution in [0.3, 0.4) is 0 Å². The van der Waals surface area contributed by atoms with Gasteiger partial charge in [0.15, 0.2) is 0 Å². The Morgan fingerprint density at radius 3 is 2.80 bits per heavy atom. The number of carbonyl (C=O) groups excluding carboxylic acids is 1. The maximum Gasteiger partial charge on any atom is 0.318 e. The number of benzene rings is 1. The lowest BCUT2D eigenvalue weighted by molar-refractivity contribution is -0.128. The summed E-state index contributed by atoms with van der Waals surface area (Å²) < 4.78 is 6.43. The molecule has 0 N–H and O–H groups in total. The summed E-state index contributed by atoms with van der Waals surface area (Å²) in [6, 6.07) is 6.48. The second-order valence-electron chi connectivity index (χ2n) is 12.3. The summed E-state index contributed by atoms with van der Waals surface area (Å²) in [7, 11) is 4.27. The zero-order chi connectivity index (χ0) is 31.7. The molecule has 1 amide bonds. The van der Waals surface area contributed by atoms with Gasteiger partial charge < -0.3 is 29.2 Å². The Balaban J connectivity index is 1.31. The third-order valence-electron chi connectivity index (χ3n) is 9.14. The topological polar surface area (TPSA) is 85.5 Å². The minimum absolute atomic E-state index is 0.121. The van der Waals surface area contributed by atoms with Gasteiger partial charge in [0.1, 0.15) is 18.0 Å². The number of ether oxygens (including phenoxy) is 1. The predicted molar refractivity (Wildman–Crippen MR) is 177 cm³/mol. The molecular formula is C33H40ClN9O2. The van der Waals surface area contributed by atoms with E-state index in [-0.39, 0.29) is 24.6 Å². The quantitative estimate of drug-likeness (QED) is 0.261. The Morgan fingerprint density at radius 1 is 1.22 bits per heavy atom. The van der Waals surface area contributed by atoms with Crippen LogP contribution in [0.2, 0.25) is 5.02 Å². The summed E-state index contributed by atoms with van der Waals surface area (Å²) in [6.45, 7) is 19.2. The van der Waals surface area contributed by atoms with Crippen molar-refractivity contribution >= 4 is 39.8 Å². The highest BCUT2D eigenvalue weighted by molar-refractivity contribution is 6.36. The molecule has 0 saturated carbocycles. The number of carbonyl (C=O) groups is 1. The fraction of sp³-hybridized carbons (Fsp3) is 0.485. The number of anilines is 2. The molecule has 0 unspecified atom stereocenters. The van der Waals surface area contributed by atoms with Gasteiger partial charge in [0.2, 0.25) is 12.5 Å². The summed E-state index contributed by atoms with van der Waals surface area (Å²) in [5.74, 6) is 0.677. The molecule has 2 fully saturated rings. The van der Waals surface area contributed by atoms with Crippen molar-refractivity contribution in [3.63, 3.8) is 0 Å². The zero-order valence-corrected chi connectivity index (χ0v) is 26.9. The Kier molecular flexibility index (Phi) is 9.08. The van der Waals surface area contributed by atoms with Crippen LogP contribution in [0.5, 0.6) is 6.01 Å². The van der Waals surface area contributed by atoms with E-state index in [0.717, 1.165) is 66.1 Å². The number of fused-ring (bicyclic) bond motifs is 2. The molecule has 236 valence electrons. The van der Waals surface area contributed by atoms with Crippen LogP contribution in [0.15, 0.2) is 43.2 Å². The van der Waals surface area contributed by atoms with Crippen molar-refractivity contribution in [2.75, 3.05) is 76.3 Å². The van der Waals surface area contributed by atoms with Crippen molar-refractivity contribution in [2.45, 2.75) is 38.1 Å². The first-order valence-electron chi connectivity index (χ1n) is 15.5. The van der Waals surface area contributed by atoms with Gasteiger partial charge in [-0.2, -0.15) is 9.97 Å². The molecule has 5 heterocycles. The number of nitrogens with zero attached hydrogens (tertiary/aromatic N) is 9. The minimum Gasteiger partial charge on any atom is -0.459 e. The van der Waals surface area contributed by atoms with Crippen LogP contribution >= 0.6 is 11.6 Å². The van der Waals surface area contributed by atoms with E-state index >= 15 is 0 Å². The van der Waals surface area contributed by atoms with E-state index in [1.165, 1.54) is 6.08 Å². The lowest BCUT2D eigenvalue weighted by Gasteiger charge is -2.42. The van der Waals surface area contributed by atoms with Crippen LogP contribution < -0.4 is 14.5 Å². The highest BCUT2D eigenvalue weighted by atomic mass is 35.5. The van der Waals surface area contributed by atoms with E-state index in [9.17, 15) is 4.79 Å². The van der Waals surface area contributed by atoms with Gasteiger partial charge >= 0.3 is 6.01 Å². The van der Waals surface area contributed by atoms with Gasteiger partial charge in [0.05, 0.1) is 29.1 Å². The van der Waals surface area contributed by atoms with Crippen LogP contribution in [-0.2, 0) is 17.8 Å². The highest BCUT2D eigenvalue weighted by Crippen LogP contribution is 2.37. The van der Waals surface area contributed by atoms with Crippen LogP contribution in [0.1, 0.15) is 18.2 Å². The zero-order valence-electron chi connectivity index (χ0n) is 26.2. The normalized spacial score (nSPS) is 19.6. The standard InChI is InChI=1S/C33H40ClN9O2/c1-6-30(44)43-13-12-42(20-24(43)15-35-3)32-26-10-11-41(29-16-36-14-23-8-7-9-27(34)31(23)29)21-28(26)37-33(38-32)45-22(2)17-40(5)25-18-39(4)19-25/h6-9,14,16,22,24-25H,1,10-13,15,17-21H2,2,4-5H3/t22-,24-/m0/s1. The van der Waals surface area contributed by atoms with E-state index < -0.39 is 0 Å². The number of pyridine rings is 1. The number of piperazine rings is 1. The maximum atomic E-state index is 12.6. The predicted octanol–water partition coefficient (Wildman–Crippen LogP) is 3.38. The van der Waals surface area contributed by atoms with Gasteiger partial charge in [-0.05, 0) is 39.6 Å². The monoisotopic (exact) mass is 629 g/mol.